The first-order chi connectivity index (χ1) is 11.7. The summed E-state index contributed by atoms with van der Waals surface area (Å²) in [6, 6.07) is 0. The quantitative estimate of drug-likeness (QED) is 0.270. The van der Waals surface area contributed by atoms with Crippen molar-refractivity contribution in [1.82, 2.24) is 0 Å². The topological polar surface area (TPSA) is 72.5 Å². The smallest absolute Gasteiger partial charge is 0.431 e. The van der Waals surface area contributed by atoms with Gasteiger partial charge in [0.05, 0.1) is 12.2 Å². The van der Waals surface area contributed by atoms with Gasteiger partial charge < -0.3 is 9.47 Å². The van der Waals surface area contributed by atoms with E-state index in [-0.39, 0.29) is 24.4 Å². The Morgan fingerprint density at radius 2 is 1.00 bits per heavy atom. The summed E-state index contributed by atoms with van der Waals surface area (Å²) in [6.45, 7) is 18.6. The number of rotatable bonds is 12. The highest BCUT2D eigenvalue weighted by Crippen LogP contribution is 2.22. The van der Waals surface area contributed by atoms with Crippen molar-refractivity contribution in [2.75, 3.05) is 0 Å². The summed E-state index contributed by atoms with van der Waals surface area (Å²) in [4.78, 5) is 33.1. The van der Waals surface area contributed by atoms with Crippen LogP contribution in [-0.4, -0.2) is 41.8 Å². The van der Waals surface area contributed by atoms with E-state index in [0.29, 0.717) is 12.8 Å². The van der Waals surface area contributed by atoms with E-state index in [1.165, 1.54) is 0 Å². The Bertz CT molecular complexity index is 369. The maximum atomic E-state index is 12.0. The first kappa shape index (κ1) is 25.1. The molecule has 0 rings (SSSR count). The Balaban J connectivity index is 4.30. The molecule has 0 aliphatic carbocycles. The largest absolute Gasteiger partial charge is 0.508 e. The standard InChI is InChI=1S/C19H38O7/c1-13(2)23-25-18(7,8)11-15(5)21-17(20)22-16(6)12-19(9,10)26-24-14(3)4/h13-16H,11-12H2,1-10H3. The zero-order valence-electron chi connectivity index (χ0n) is 18.1. The monoisotopic (exact) mass is 378 g/mol. The van der Waals surface area contributed by atoms with Crippen LogP contribution in [-0.2, 0) is 29.0 Å². The van der Waals surface area contributed by atoms with Crippen LogP contribution >= 0.6 is 0 Å². The molecule has 0 N–H and O–H groups in total. The summed E-state index contributed by atoms with van der Waals surface area (Å²) in [7, 11) is 0. The molecule has 2 atom stereocenters. The van der Waals surface area contributed by atoms with Gasteiger partial charge in [-0.2, -0.15) is 0 Å². The fraction of sp³-hybridized carbons (Fsp3) is 0.947. The Hall–Kier alpha value is -0.890. The molecule has 0 aliphatic rings. The molecule has 0 amide bonds. The van der Waals surface area contributed by atoms with E-state index in [9.17, 15) is 4.79 Å². The number of carbonyl (C=O) groups is 1. The van der Waals surface area contributed by atoms with E-state index in [0.717, 1.165) is 0 Å². The van der Waals surface area contributed by atoms with Crippen molar-refractivity contribution < 1.29 is 33.8 Å². The third-order valence-electron chi connectivity index (χ3n) is 3.09. The zero-order valence-corrected chi connectivity index (χ0v) is 18.1. The van der Waals surface area contributed by atoms with Crippen LogP contribution in [0.4, 0.5) is 4.79 Å². The van der Waals surface area contributed by atoms with Gasteiger partial charge in [-0.05, 0) is 69.2 Å². The van der Waals surface area contributed by atoms with Gasteiger partial charge in [0.1, 0.15) is 23.4 Å². The van der Waals surface area contributed by atoms with E-state index < -0.39 is 17.4 Å². The van der Waals surface area contributed by atoms with Gasteiger partial charge in [0.15, 0.2) is 0 Å². The molecule has 7 nitrogen and oxygen atoms in total. The van der Waals surface area contributed by atoms with Gasteiger partial charge in [-0.1, -0.05) is 0 Å². The fourth-order valence-corrected chi connectivity index (χ4v) is 2.35. The molecule has 0 saturated heterocycles. The predicted octanol–water partition coefficient (Wildman–Crippen LogP) is 4.97. The Morgan fingerprint density at radius 1 is 0.692 bits per heavy atom. The molecule has 0 fully saturated rings. The van der Waals surface area contributed by atoms with Crippen molar-refractivity contribution in [2.45, 2.75) is 118 Å². The minimum absolute atomic E-state index is 0.0402. The molecule has 26 heavy (non-hydrogen) atoms. The van der Waals surface area contributed by atoms with Crippen molar-refractivity contribution in [2.24, 2.45) is 0 Å². The fourth-order valence-electron chi connectivity index (χ4n) is 2.35. The first-order valence-electron chi connectivity index (χ1n) is 9.28. The van der Waals surface area contributed by atoms with Crippen molar-refractivity contribution in [3.63, 3.8) is 0 Å². The first-order valence-corrected chi connectivity index (χ1v) is 9.28. The van der Waals surface area contributed by atoms with E-state index >= 15 is 0 Å². The molecular weight excluding hydrogens is 340 g/mol. The average molecular weight is 379 g/mol. The minimum Gasteiger partial charge on any atom is -0.431 e. The van der Waals surface area contributed by atoms with E-state index in [2.05, 4.69) is 0 Å². The Morgan fingerprint density at radius 3 is 1.27 bits per heavy atom. The van der Waals surface area contributed by atoms with Gasteiger partial charge in [0, 0.05) is 12.8 Å². The van der Waals surface area contributed by atoms with Gasteiger partial charge in [-0.15, -0.1) is 0 Å². The lowest BCUT2D eigenvalue weighted by atomic mass is 10.0. The van der Waals surface area contributed by atoms with E-state index in [4.69, 9.17) is 29.0 Å². The third kappa shape index (κ3) is 13.3. The molecule has 0 heterocycles. The molecule has 0 saturated carbocycles. The van der Waals surface area contributed by atoms with Crippen LogP contribution in [0.5, 0.6) is 0 Å². The van der Waals surface area contributed by atoms with Crippen molar-refractivity contribution in [3.8, 4) is 0 Å². The molecule has 2 unspecified atom stereocenters. The molecule has 0 aliphatic heterocycles. The van der Waals surface area contributed by atoms with Crippen molar-refractivity contribution in [1.29, 1.82) is 0 Å². The summed E-state index contributed by atoms with van der Waals surface area (Å²) in [5.41, 5.74) is -1.17. The summed E-state index contributed by atoms with van der Waals surface area (Å²) >= 11 is 0. The van der Waals surface area contributed by atoms with Crippen molar-refractivity contribution in [3.05, 3.63) is 0 Å². The maximum Gasteiger partial charge on any atom is 0.508 e. The van der Waals surface area contributed by atoms with Gasteiger partial charge >= 0.3 is 6.16 Å². The van der Waals surface area contributed by atoms with Crippen LogP contribution in [0.1, 0.15) is 82.1 Å². The molecule has 0 radical (unpaired) electrons. The van der Waals surface area contributed by atoms with E-state index in [1.54, 1.807) is 13.8 Å². The molecule has 7 heteroatoms. The number of hydrogen-bond donors (Lipinski definition) is 0. The Kier molecular flexibility index (Phi) is 10.7. The SMILES string of the molecule is CC(C)OOC(C)(C)CC(C)OC(=O)OC(C)CC(C)(C)OOC(C)C. The second kappa shape index (κ2) is 11.1. The number of ether oxygens (including phenoxy) is 2. The van der Waals surface area contributed by atoms with Gasteiger partial charge in [-0.3, -0.25) is 0 Å². The van der Waals surface area contributed by atoms with Crippen LogP contribution < -0.4 is 0 Å². The van der Waals surface area contributed by atoms with Gasteiger partial charge in [0.25, 0.3) is 0 Å². The molecule has 0 aromatic heterocycles. The van der Waals surface area contributed by atoms with Gasteiger partial charge in [-0.25, -0.2) is 24.3 Å². The third-order valence-corrected chi connectivity index (χ3v) is 3.09. The Labute approximate surface area is 158 Å². The predicted molar refractivity (Wildman–Crippen MR) is 98.5 cm³/mol. The highest BCUT2D eigenvalue weighted by Gasteiger charge is 2.29. The second-order valence-corrected chi connectivity index (χ2v) is 8.49. The summed E-state index contributed by atoms with van der Waals surface area (Å²) < 4.78 is 10.6. The lowest BCUT2D eigenvalue weighted by Gasteiger charge is -2.29. The summed E-state index contributed by atoms with van der Waals surface area (Å²) in [6.07, 6.45) is -0.614. The normalized spacial score (nSPS) is 15.2. The van der Waals surface area contributed by atoms with E-state index in [1.807, 2.05) is 55.4 Å². The lowest BCUT2D eigenvalue weighted by molar-refractivity contribution is -0.375. The molecule has 0 aromatic rings. The molecule has 0 aromatic carbocycles. The summed E-state index contributed by atoms with van der Waals surface area (Å²) in [5.74, 6) is 0. The van der Waals surface area contributed by atoms with Crippen LogP contribution in [0.3, 0.4) is 0 Å². The van der Waals surface area contributed by atoms with Gasteiger partial charge in [0.2, 0.25) is 0 Å². The summed E-state index contributed by atoms with van der Waals surface area (Å²) in [5, 5.41) is 0. The highest BCUT2D eigenvalue weighted by molar-refractivity contribution is 5.60. The molecule has 0 spiro atoms. The lowest BCUT2D eigenvalue weighted by Crippen LogP contribution is -2.34. The molecule has 156 valence electrons. The number of hydrogen-bond acceptors (Lipinski definition) is 7. The second-order valence-electron chi connectivity index (χ2n) is 8.49. The number of carbonyl (C=O) groups excluding carboxylic acids is 1. The minimum atomic E-state index is -0.717. The maximum absolute atomic E-state index is 12.0. The highest BCUT2D eigenvalue weighted by atomic mass is 17.2. The van der Waals surface area contributed by atoms with Crippen LogP contribution in [0.25, 0.3) is 0 Å². The van der Waals surface area contributed by atoms with Crippen LogP contribution in [0.2, 0.25) is 0 Å². The average Bonchev–Trinajstić information content (AvgIpc) is 2.41. The zero-order chi connectivity index (χ0) is 20.5. The molecular formula is C19H38O7. The van der Waals surface area contributed by atoms with Crippen LogP contribution in [0.15, 0.2) is 0 Å². The van der Waals surface area contributed by atoms with Crippen LogP contribution in [0, 0.1) is 0 Å². The molecule has 0 bridgehead atoms. The van der Waals surface area contributed by atoms with Crippen molar-refractivity contribution >= 4 is 6.16 Å².